The van der Waals surface area contributed by atoms with E-state index >= 15 is 0 Å². The van der Waals surface area contributed by atoms with Crippen LogP contribution in [0, 0.1) is 0 Å². The van der Waals surface area contributed by atoms with Crippen LogP contribution >= 0.6 is 0 Å². The Balaban J connectivity index is 1.80. The van der Waals surface area contributed by atoms with Crippen molar-refractivity contribution in [2.75, 3.05) is 43.9 Å². The smallest absolute Gasteiger partial charge is 0.274 e. The third kappa shape index (κ3) is 4.60. The van der Waals surface area contributed by atoms with Gasteiger partial charge >= 0.3 is 0 Å². The normalized spacial score (nSPS) is 11.0. The van der Waals surface area contributed by atoms with Crippen molar-refractivity contribution >= 4 is 28.2 Å². The van der Waals surface area contributed by atoms with Crippen molar-refractivity contribution in [1.29, 1.82) is 0 Å². The van der Waals surface area contributed by atoms with Gasteiger partial charge in [-0.15, -0.1) is 0 Å². The molecule has 140 valence electrons. The Labute approximate surface area is 159 Å². The van der Waals surface area contributed by atoms with Crippen LogP contribution in [0.1, 0.15) is 17.4 Å². The van der Waals surface area contributed by atoms with Crippen molar-refractivity contribution < 1.29 is 4.79 Å². The van der Waals surface area contributed by atoms with Crippen LogP contribution in [0.4, 0.5) is 11.4 Å². The number of amides is 1. The standard InChI is InChI=1S/C21H25N5O/c1-4-26(14-13-25(2)3)17-10-12-22-19(15-17)21(27)24-18-9-5-7-16-8-6-11-23-20(16)18/h5-12,15H,4,13-14H2,1-3H3,(H,24,27). The number of para-hydroxylation sites is 1. The molecule has 0 spiro atoms. The topological polar surface area (TPSA) is 61.4 Å². The SMILES string of the molecule is CCN(CCN(C)C)c1ccnc(C(=O)Nc2cccc3cccnc23)c1. The molecule has 1 N–H and O–H groups in total. The molecule has 2 heterocycles. The predicted molar refractivity (Wildman–Crippen MR) is 110 cm³/mol. The summed E-state index contributed by atoms with van der Waals surface area (Å²) >= 11 is 0. The Morgan fingerprint density at radius 2 is 1.85 bits per heavy atom. The summed E-state index contributed by atoms with van der Waals surface area (Å²) in [6, 6.07) is 13.4. The van der Waals surface area contributed by atoms with E-state index in [9.17, 15) is 4.79 Å². The third-order valence-corrected chi connectivity index (χ3v) is 4.42. The number of fused-ring (bicyclic) bond motifs is 1. The summed E-state index contributed by atoms with van der Waals surface area (Å²) in [4.78, 5) is 25.8. The molecular formula is C21H25N5O. The molecule has 3 aromatic rings. The second-order valence-electron chi connectivity index (χ2n) is 6.62. The molecule has 1 aromatic carbocycles. The van der Waals surface area contributed by atoms with E-state index in [1.807, 2.05) is 42.5 Å². The fraction of sp³-hybridized carbons (Fsp3) is 0.286. The highest BCUT2D eigenvalue weighted by Gasteiger charge is 2.13. The molecule has 0 aliphatic heterocycles. The lowest BCUT2D eigenvalue weighted by Crippen LogP contribution is -2.31. The quantitative estimate of drug-likeness (QED) is 0.698. The van der Waals surface area contributed by atoms with Gasteiger partial charge in [0.05, 0.1) is 11.2 Å². The third-order valence-electron chi connectivity index (χ3n) is 4.42. The van der Waals surface area contributed by atoms with Crippen molar-refractivity contribution in [3.05, 3.63) is 60.6 Å². The van der Waals surface area contributed by atoms with Gasteiger partial charge in [-0.1, -0.05) is 18.2 Å². The molecule has 0 bridgehead atoms. The van der Waals surface area contributed by atoms with Crippen molar-refractivity contribution in [2.24, 2.45) is 0 Å². The lowest BCUT2D eigenvalue weighted by molar-refractivity contribution is 0.102. The molecule has 0 saturated heterocycles. The van der Waals surface area contributed by atoms with E-state index in [-0.39, 0.29) is 5.91 Å². The van der Waals surface area contributed by atoms with E-state index in [2.05, 4.69) is 46.1 Å². The van der Waals surface area contributed by atoms with Gasteiger partial charge in [-0.2, -0.15) is 0 Å². The molecule has 0 atom stereocenters. The molecule has 0 radical (unpaired) electrons. The molecule has 27 heavy (non-hydrogen) atoms. The molecule has 3 rings (SSSR count). The van der Waals surface area contributed by atoms with Gasteiger partial charge in [0.15, 0.2) is 0 Å². The molecule has 2 aromatic heterocycles. The van der Waals surface area contributed by atoms with Gasteiger partial charge in [0.25, 0.3) is 5.91 Å². The molecular weight excluding hydrogens is 338 g/mol. The molecule has 0 aliphatic rings. The number of pyridine rings is 2. The number of nitrogens with zero attached hydrogens (tertiary/aromatic N) is 4. The van der Waals surface area contributed by atoms with Crippen molar-refractivity contribution in [3.63, 3.8) is 0 Å². The maximum Gasteiger partial charge on any atom is 0.274 e. The van der Waals surface area contributed by atoms with Crippen LogP contribution in [-0.4, -0.2) is 54.5 Å². The first-order chi connectivity index (χ1) is 13.1. The number of nitrogens with one attached hydrogen (secondary N) is 1. The van der Waals surface area contributed by atoms with Gasteiger partial charge in [-0.3, -0.25) is 14.8 Å². The Kier molecular flexibility index (Phi) is 5.98. The van der Waals surface area contributed by atoms with Crippen LogP contribution in [0.25, 0.3) is 10.9 Å². The van der Waals surface area contributed by atoms with Crippen LogP contribution < -0.4 is 10.2 Å². The monoisotopic (exact) mass is 363 g/mol. The Morgan fingerprint density at radius 1 is 1.04 bits per heavy atom. The zero-order valence-corrected chi connectivity index (χ0v) is 16.0. The first-order valence-corrected chi connectivity index (χ1v) is 9.09. The number of carbonyl (C=O) groups is 1. The Hall–Kier alpha value is -2.99. The highest BCUT2D eigenvalue weighted by atomic mass is 16.1. The minimum absolute atomic E-state index is 0.237. The zero-order valence-electron chi connectivity index (χ0n) is 16.0. The van der Waals surface area contributed by atoms with Crippen LogP contribution in [0.3, 0.4) is 0 Å². The molecule has 0 saturated carbocycles. The summed E-state index contributed by atoms with van der Waals surface area (Å²) in [6.45, 7) is 4.81. The van der Waals surface area contributed by atoms with Gasteiger partial charge in [0.1, 0.15) is 5.69 Å². The summed E-state index contributed by atoms with van der Waals surface area (Å²) in [5.74, 6) is -0.237. The van der Waals surface area contributed by atoms with E-state index in [1.165, 1.54) is 0 Å². The van der Waals surface area contributed by atoms with Gasteiger partial charge in [0, 0.05) is 43.1 Å². The number of anilines is 2. The summed E-state index contributed by atoms with van der Waals surface area (Å²) in [5, 5.41) is 3.93. The fourth-order valence-electron chi connectivity index (χ4n) is 2.92. The number of hydrogen-bond acceptors (Lipinski definition) is 5. The first kappa shape index (κ1) is 18.8. The summed E-state index contributed by atoms with van der Waals surface area (Å²) in [5.41, 5.74) is 2.84. The van der Waals surface area contributed by atoms with Crippen molar-refractivity contribution in [2.45, 2.75) is 6.92 Å². The van der Waals surface area contributed by atoms with E-state index in [4.69, 9.17) is 0 Å². The van der Waals surface area contributed by atoms with Crippen molar-refractivity contribution in [1.82, 2.24) is 14.9 Å². The van der Waals surface area contributed by atoms with Crippen LogP contribution in [0.2, 0.25) is 0 Å². The van der Waals surface area contributed by atoms with E-state index in [1.54, 1.807) is 12.4 Å². The van der Waals surface area contributed by atoms with Crippen LogP contribution in [0.15, 0.2) is 54.9 Å². The molecule has 0 aliphatic carbocycles. The Bertz CT molecular complexity index is 920. The van der Waals surface area contributed by atoms with Gasteiger partial charge in [-0.05, 0) is 45.3 Å². The van der Waals surface area contributed by atoms with E-state index in [0.717, 1.165) is 36.2 Å². The predicted octanol–water partition coefficient (Wildman–Crippen LogP) is 3.27. The number of rotatable bonds is 7. The maximum absolute atomic E-state index is 12.8. The second kappa shape index (κ2) is 8.60. The van der Waals surface area contributed by atoms with E-state index < -0.39 is 0 Å². The summed E-state index contributed by atoms with van der Waals surface area (Å²) in [6.07, 6.45) is 3.41. The van der Waals surface area contributed by atoms with Gasteiger partial charge < -0.3 is 15.1 Å². The van der Waals surface area contributed by atoms with Crippen molar-refractivity contribution in [3.8, 4) is 0 Å². The summed E-state index contributed by atoms with van der Waals surface area (Å²) < 4.78 is 0. The number of benzene rings is 1. The average Bonchev–Trinajstić information content (AvgIpc) is 2.69. The lowest BCUT2D eigenvalue weighted by atomic mass is 10.2. The lowest BCUT2D eigenvalue weighted by Gasteiger charge is -2.25. The second-order valence-corrected chi connectivity index (χ2v) is 6.62. The average molecular weight is 363 g/mol. The largest absolute Gasteiger partial charge is 0.370 e. The zero-order chi connectivity index (χ0) is 19.2. The number of carbonyl (C=O) groups excluding carboxylic acids is 1. The number of likely N-dealkylation sites (N-methyl/N-ethyl adjacent to an activating group) is 2. The molecule has 0 unspecified atom stereocenters. The number of hydrogen-bond donors (Lipinski definition) is 1. The molecule has 6 heteroatoms. The Morgan fingerprint density at radius 3 is 2.63 bits per heavy atom. The van der Waals surface area contributed by atoms with Gasteiger partial charge in [-0.25, -0.2) is 0 Å². The fourth-order valence-corrected chi connectivity index (χ4v) is 2.92. The van der Waals surface area contributed by atoms with Gasteiger partial charge in [0.2, 0.25) is 0 Å². The number of aromatic nitrogens is 2. The molecule has 6 nitrogen and oxygen atoms in total. The highest BCUT2D eigenvalue weighted by Crippen LogP contribution is 2.22. The van der Waals surface area contributed by atoms with Crippen LogP contribution in [-0.2, 0) is 0 Å². The molecule has 0 fully saturated rings. The van der Waals surface area contributed by atoms with Crippen LogP contribution in [0.5, 0.6) is 0 Å². The minimum atomic E-state index is -0.237. The molecule has 1 amide bonds. The minimum Gasteiger partial charge on any atom is -0.370 e. The summed E-state index contributed by atoms with van der Waals surface area (Å²) in [7, 11) is 4.11. The highest BCUT2D eigenvalue weighted by molar-refractivity contribution is 6.07. The first-order valence-electron chi connectivity index (χ1n) is 9.09. The maximum atomic E-state index is 12.8. The van der Waals surface area contributed by atoms with E-state index in [0.29, 0.717) is 11.4 Å².